The van der Waals surface area contributed by atoms with Gasteiger partial charge in [-0.25, -0.2) is 0 Å². The topological polar surface area (TPSA) is 115 Å². The molecule has 3 aromatic carbocycles. The van der Waals surface area contributed by atoms with E-state index in [-0.39, 0.29) is 16.6 Å². The van der Waals surface area contributed by atoms with Gasteiger partial charge < -0.3 is 5.73 Å². The average molecular weight is 393 g/mol. The van der Waals surface area contributed by atoms with Gasteiger partial charge in [-0.1, -0.05) is 35.0 Å². The summed E-state index contributed by atoms with van der Waals surface area (Å²) >= 11 is 0. The number of nitrogens with zero attached hydrogens (tertiary/aromatic N) is 6. The number of fused-ring (bicyclic) bond motifs is 2. The van der Waals surface area contributed by atoms with Crippen molar-refractivity contribution in [1.82, 2.24) is 24.8 Å². The predicted octanol–water partition coefficient (Wildman–Crippen LogP) is 2.88. The van der Waals surface area contributed by atoms with Gasteiger partial charge in [0.1, 0.15) is 11.6 Å². The van der Waals surface area contributed by atoms with Crippen LogP contribution in [0.1, 0.15) is 11.1 Å². The summed E-state index contributed by atoms with van der Waals surface area (Å²) in [4.78, 5) is 13.4. The molecule has 0 aliphatic heterocycles. The molecule has 2 aromatic heterocycles. The highest BCUT2D eigenvalue weighted by Crippen LogP contribution is 2.27. The molecule has 5 rings (SSSR count). The molecule has 8 heteroatoms. The fourth-order valence-corrected chi connectivity index (χ4v) is 3.48. The Labute approximate surface area is 170 Å². The van der Waals surface area contributed by atoms with E-state index < -0.39 is 5.56 Å². The maximum absolute atomic E-state index is 13.4. The second-order valence-electron chi connectivity index (χ2n) is 6.93. The Hall–Kier alpha value is -4.51. The smallest absolute Gasteiger partial charge is 0.281 e. The highest BCUT2D eigenvalue weighted by molar-refractivity contribution is 5.99. The highest BCUT2D eigenvalue weighted by Gasteiger charge is 2.19. The van der Waals surface area contributed by atoms with Crippen molar-refractivity contribution in [2.45, 2.75) is 6.92 Å². The molecule has 144 valence electrons. The summed E-state index contributed by atoms with van der Waals surface area (Å²) in [5.41, 5.74) is 9.25. The van der Waals surface area contributed by atoms with Crippen molar-refractivity contribution < 1.29 is 0 Å². The summed E-state index contributed by atoms with van der Waals surface area (Å²) in [6.45, 7) is 1.96. The minimum absolute atomic E-state index is 0.119. The van der Waals surface area contributed by atoms with Crippen LogP contribution in [0.5, 0.6) is 0 Å². The second kappa shape index (κ2) is 6.53. The number of para-hydroxylation sites is 1. The van der Waals surface area contributed by atoms with Gasteiger partial charge in [-0.3, -0.25) is 4.79 Å². The summed E-state index contributed by atoms with van der Waals surface area (Å²) in [6.07, 6.45) is 0. The van der Waals surface area contributed by atoms with Crippen LogP contribution < -0.4 is 11.3 Å². The van der Waals surface area contributed by atoms with E-state index in [0.29, 0.717) is 22.4 Å². The van der Waals surface area contributed by atoms with E-state index in [1.807, 2.05) is 61.5 Å². The number of aryl methyl sites for hydroxylation is 1. The lowest BCUT2D eigenvalue weighted by Crippen LogP contribution is -2.25. The van der Waals surface area contributed by atoms with Crippen LogP contribution in [0.2, 0.25) is 0 Å². The number of nitrogens with two attached hydrogens (primary N) is 1. The van der Waals surface area contributed by atoms with Crippen molar-refractivity contribution in [3.8, 4) is 17.6 Å². The molecular weight excluding hydrogens is 378 g/mol. The van der Waals surface area contributed by atoms with Crippen molar-refractivity contribution in [3.05, 3.63) is 82.1 Å². The Bertz CT molecular complexity index is 1540. The zero-order valence-corrected chi connectivity index (χ0v) is 15.9. The van der Waals surface area contributed by atoms with Crippen molar-refractivity contribution in [2.24, 2.45) is 0 Å². The summed E-state index contributed by atoms with van der Waals surface area (Å²) in [5, 5.41) is 23.2. The molecule has 0 atom stereocenters. The zero-order valence-electron chi connectivity index (χ0n) is 15.9. The Morgan fingerprint density at radius 1 is 1.00 bits per heavy atom. The Morgan fingerprint density at radius 3 is 2.53 bits per heavy atom. The molecule has 0 radical (unpaired) electrons. The van der Waals surface area contributed by atoms with Gasteiger partial charge in [-0.2, -0.15) is 14.6 Å². The number of hydrogen-bond acceptors (Lipinski definition) is 6. The summed E-state index contributed by atoms with van der Waals surface area (Å²) in [6, 6.07) is 20.2. The number of anilines is 1. The molecule has 0 aliphatic rings. The molecule has 0 bridgehead atoms. The van der Waals surface area contributed by atoms with Gasteiger partial charge in [0.25, 0.3) is 5.56 Å². The van der Waals surface area contributed by atoms with Crippen LogP contribution in [0.4, 0.5) is 5.69 Å². The van der Waals surface area contributed by atoms with E-state index in [1.54, 1.807) is 16.8 Å². The van der Waals surface area contributed by atoms with Gasteiger partial charge in [-0.05, 0) is 43.3 Å². The van der Waals surface area contributed by atoms with Crippen molar-refractivity contribution in [3.63, 3.8) is 0 Å². The molecule has 0 unspecified atom stereocenters. The van der Waals surface area contributed by atoms with Gasteiger partial charge in [-0.15, -0.1) is 10.2 Å². The quantitative estimate of drug-likeness (QED) is 0.461. The van der Waals surface area contributed by atoms with Crippen LogP contribution in [0.3, 0.4) is 0 Å². The monoisotopic (exact) mass is 393 g/mol. The molecular formula is C22H15N7O. The van der Waals surface area contributed by atoms with Gasteiger partial charge in [0.05, 0.1) is 27.8 Å². The van der Waals surface area contributed by atoms with Gasteiger partial charge in [0, 0.05) is 5.39 Å². The van der Waals surface area contributed by atoms with Crippen molar-refractivity contribution >= 4 is 27.5 Å². The van der Waals surface area contributed by atoms with Crippen LogP contribution >= 0.6 is 0 Å². The van der Waals surface area contributed by atoms with Crippen LogP contribution in [0.15, 0.2) is 65.5 Å². The molecule has 0 amide bonds. The van der Waals surface area contributed by atoms with Gasteiger partial charge in [0.15, 0.2) is 5.82 Å². The number of aromatic nitrogens is 5. The third-order valence-electron chi connectivity index (χ3n) is 5.04. The standard InChI is InChI=1S/C22H15N7O/c1-13-6-9-15(10-7-13)28-22(30)19-16(11-8-14(12-23)20(19)24)21(26-28)29-18-5-3-2-4-17(18)25-27-29/h2-11H,24H2,1H3. The first-order chi connectivity index (χ1) is 14.6. The third kappa shape index (κ3) is 2.53. The Morgan fingerprint density at radius 2 is 1.77 bits per heavy atom. The van der Waals surface area contributed by atoms with Crippen molar-refractivity contribution in [2.75, 3.05) is 5.73 Å². The number of rotatable bonds is 2. The Kier molecular flexibility index (Phi) is 3.83. The lowest BCUT2D eigenvalue weighted by atomic mass is 10.1. The molecule has 2 heterocycles. The van der Waals surface area contributed by atoms with Crippen LogP contribution in [0, 0.1) is 18.3 Å². The minimum atomic E-state index is -0.406. The first kappa shape index (κ1) is 17.6. The molecule has 5 aromatic rings. The number of nitriles is 1. The average Bonchev–Trinajstić information content (AvgIpc) is 3.19. The predicted molar refractivity (Wildman–Crippen MR) is 114 cm³/mol. The molecule has 2 N–H and O–H groups in total. The summed E-state index contributed by atoms with van der Waals surface area (Å²) in [5.74, 6) is 0.398. The first-order valence-electron chi connectivity index (χ1n) is 9.22. The maximum Gasteiger partial charge on any atom is 0.281 e. The van der Waals surface area contributed by atoms with E-state index in [0.717, 1.165) is 11.1 Å². The van der Waals surface area contributed by atoms with Crippen LogP contribution in [-0.2, 0) is 0 Å². The minimum Gasteiger partial charge on any atom is -0.397 e. The van der Waals surface area contributed by atoms with Crippen LogP contribution in [-0.4, -0.2) is 24.8 Å². The normalized spacial score (nSPS) is 11.1. The fraction of sp³-hybridized carbons (Fsp3) is 0.0455. The largest absolute Gasteiger partial charge is 0.397 e. The Balaban J connectivity index is 1.94. The molecule has 0 saturated carbocycles. The number of nitrogen functional groups attached to an aromatic ring is 1. The molecule has 30 heavy (non-hydrogen) atoms. The molecule has 0 saturated heterocycles. The first-order valence-corrected chi connectivity index (χ1v) is 9.22. The zero-order chi connectivity index (χ0) is 20.8. The van der Waals surface area contributed by atoms with E-state index in [2.05, 4.69) is 15.4 Å². The lowest BCUT2D eigenvalue weighted by Gasteiger charge is -2.13. The van der Waals surface area contributed by atoms with E-state index in [4.69, 9.17) is 5.73 Å². The van der Waals surface area contributed by atoms with E-state index in [9.17, 15) is 10.1 Å². The third-order valence-corrected chi connectivity index (χ3v) is 5.04. The summed E-state index contributed by atoms with van der Waals surface area (Å²) < 4.78 is 2.86. The maximum atomic E-state index is 13.4. The van der Waals surface area contributed by atoms with Crippen molar-refractivity contribution in [1.29, 1.82) is 5.26 Å². The van der Waals surface area contributed by atoms with E-state index in [1.165, 1.54) is 4.68 Å². The van der Waals surface area contributed by atoms with E-state index >= 15 is 0 Å². The number of benzene rings is 3. The highest BCUT2D eigenvalue weighted by atomic mass is 16.1. The fourth-order valence-electron chi connectivity index (χ4n) is 3.48. The summed E-state index contributed by atoms with van der Waals surface area (Å²) in [7, 11) is 0. The van der Waals surface area contributed by atoms with Gasteiger partial charge >= 0.3 is 0 Å². The molecule has 0 fully saturated rings. The van der Waals surface area contributed by atoms with Crippen LogP contribution in [0.25, 0.3) is 33.3 Å². The molecule has 8 nitrogen and oxygen atoms in total. The SMILES string of the molecule is Cc1ccc(-n2nc(-n3nnc4ccccc43)c3ccc(C#N)c(N)c3c2=O)cc1. The molecule has 0 spiro atoms. The number of hydrogen-bond donors (Lipinski definition) is 1. The second-order valence-corrected chi connectivity index (χ2v) is 6.93. The molecule has 0 aliphatic carbocycles. The lowest BCUT2D eigenvalue weighted by molar-refractivity contribution is 0.739. The van der Waals surface area contributed by atoms with Gasteiger partial charge in [0.2, 0.25) is 0 Å².